The first-order valence-electron chi connectivity index (χ1n) is 11.5. The molecular formula is C25H28BrN5O4. The molecule has 0 spiro atoms. The van der Waals surface area contributed by atoms with Crippen molar-refractivity contribution in [2.24, 2.45) is 0 Å². The Balaban J connectivity index is 1.39. The number of aryl methyl sites for hydroxylation is 1. The number of morpholine rings is 1. The number of hydrogen-bond donors (Lipinski definition) is 4. The van der Waals surface area contributed by atoms with E-state index < -0.39 is 6.10 Å². The third kappa shape index (κ3) is 4.73. The van der Waals surface area contributed by atoms with Gasteiger partial charge in [0.2, 0.25) is 0 Å². The van der Waals surface area contributed by atoms with E-state index >= 15 is 0 Å². The van der Waals surface area contributed by atoms with Gasteiger partial charge in [-0.25, -0.2) is 4.98 Å². The molecule has 184 valence electrons. The summed E-state index contributed by atoms with van der Waals surface area (Å²) in [5.74, 6) is 1.02. The lowest BCUT2D eigenvalue weighted by atomic mass is 10.1. The molecule has 1 fully saturated rings. The number of methoxy groups -OCH3 is 1. The van der Waals surface area contributed by atoms with Crippen molar-refractivity contribution in [3.8, 4) is 5.75 Å². The average Bonchev–Trinajstić information content (AvgIpc) is 3.46. The molecule has 0 unspecified atom stereocenters. The maximum absolute atomic E-state index is 12.7. The van der Waals surface area contributed by atoms with Gasteiger partial charge in [0.15, 0.2) is 0 Å². The highest BCUT2D eigenvalue weighted by Crippen LogP contribution is 2.30. The number of carbonyl (C=O) groups is 1. The van der Waals surface area contributed by atoms with Crippen LogP contribution in [0.5, 0.6) is 5.75 Å². The van der Waals surface area contributed by atoms with Crippen molar-refractivity contribution in [3.05, 3.63) is 57.5 Å². The number of H-pyrrole nitrogens is 1. The van der Waals surface area contributed by atoms with Gasteiger partial charge in [0.05, 0.1) is 48.5 Å². The van der Waals surface area contributed by atoms with Crippen molar-refractivity contribution in [2.45, 2.75) is 13.0 Å². The molecule has 0 radical (unpaired) electrons. The lowest BCUT2D eigenvalue weighted by Crippen LogP contribution is -2.36. The van der Waals surface area contributed by atoms with Crippen molar-refractivity contribution in [1.29, 1.82) is 0 Å². The second-order valence-corrected chi connectivity index (χ2v) is 9.52. The van der Waals surface area contributed by atoms with Gasteiger partial charge in [-0.1, -0.05) is 6.07 Å². The van der Waals surface area contributed by atoms with Crippen LogP contribution in [0.15, 0.2) is 40.5 Å². The minimum atomic E-state index is -0.768. The molecule has 2 aliphatic heterocycles. The summed E-state index contributed by atoms with van der Waals surface area (Å²) in [5, 5.41) is 16.8. The van der Waals surface area contributed by atoms with Gasteiger partial charge in [0.1, 0.15) is 17.1 Å². The van der Waals surface area contributed by atoms with Gasteiger partial charge in [0.25, 0.3) is 5.91 Å². The maximum atomic E-state index is 12.7. The van der Waals surface area contributed by atoms with E-state index in [1.807, 2.05) is 19.1 Å². The molecule has 3 aromatic rings. The van der Waals surface area contributed by atoms with Crippen molar-refractivity contribution >= 4 is 44.1 Å². The number of aromatic amines is 1. The number of aliphatic hydroxyl groups is 1. The molecule has 1 saturated heterocycles. The van der Waals surface area contributed by atoms with Gasteiger partial charge in [0, 0.05) is 31.0 Å². The number of imidazole rings is 1. The summed E-state index contributed by atoms with van der Waals surface area (Å²) < 4.78 is 11.5. The first-order valence-corrected chi connectivity index (χ1v) is 12.3. The molecule has 2 aliphatic rings. The summed E-state index contributed by atoms with van der Waals surface area (Å²) >= 11 is 3.45. The van der Waals surface area contributed by atoms with E-state index in [1.165, 1.54) is 0 Å². The number of halogens is 1. The normalized spacial score (nSPS) is 17.1. The highest BCUT2D eigenvalue weighted by molar-refractivity contribution is 9.10. The quantitative estimate of drug-likeness (QED) is 0.363. The SMILES string of the molecule is COc1ccc([C@H](O)CNC2=C(c3nc4c(C)cc(N5CCOCC5)cc4[nH]3)C(=O)NC2)cc1Br. The Kier molecular flexibility index (Phi) is 6.68. The summed E-state index contributed by atoms with van der Waals surface area (Å²) in [5.41, 5.74) is 5.79. The largest absolute Gasteiger partial charge is 0.496 e. The number of aromatic nitrogens is 2. The minimum absolute atomic E-state index is 0.195. The Labute approximate surface area is 211 Å². The first kappa shape index (κ1) is 23.7. The van der Waals surface area contributed by atoms with Gasteiger partial charge >= 0.3 is 0 Å². The molecular weight excluding hydrogens is 514 g/mol. The van der Waals surface area contributed by atoms with Gasteiger partial charge in [-0.3, -0.25) is 4.79 Å². The van der Waals surface area contributed by atoms with Crippen molar-refractivity contribution in [2.75, 3.05) is 51.4 Å². The topological polar surface area (TPSA) is 112 Å². The molecule has 9 nitrogen and oxygen atoms in total. The fourth-order valence-corrected chi connectivity index (χ4v) is 5.06. The van der Waals surface area contributed by atoms with E-state index in [1.54, 1.807) is 13.2 Å². The van der Waals surface area contributed by atoms with Crippen LogP contribution in [0.1, 0.15) is 23.1 Å². The Bertz CT molecular complexity index is 1300. The summed E-state index contributed by atoms with van der Waals surface area (Å²) in [6.07, 6.45) is -0.768. The fraction of sp³-hybridized carbons (Fsp3) is 0.360. The van der Waals surface area contributed by atoms with Crippen LogP contribution in [-0.4, -0.2) is 67.5 Å². The van der Waals surface area contributed by atoms with E-state index in [2.05, 4.69) is 48.6 Å². The molecule has 10 heteroatoms. The average molecular weight is 542 g/mol. The second kappa shape index (κ2) is 9.88. The van der Waals surface area contributed by atoms with Crippen LogP contribution in [-0.2, 0) is 9.53 Å². The summed E-state index contributed by atoms with van der Waals surface area (Å²) in [7, 11) is 1.60. The fourth-order valence-electron chi connectivity index (χ4n) is 4.51. The number of aliphatic hydroxyl groups excluding tert-OH is 1. The number of fused-ring (bicyclic) bond motifs is 1. The lowest BCUT2D eigenvalue weighted by molar-refractivity contribution is -0.114. The van der Waals surface area contributed by atoms with E-state index in [9.17, 15) is 9.90 Å². The Morgan fingerprint density at radius 1 is 1.29 bits per heavy atom. The number of ether oxygens (including phenoxy) is 2. The number of benzene rings is 2. The molecule has 0 bridgehead atoms. The van der Waals surface area contributed by atoms with Crippen molar-refractivity contribution < 1.29 is 19.4 Å². The minimum Gasteiger partial charge on any atom is -0.496 e. The van der Waals surface area contributed by atoms with E-state index in [-0.39, 0.29) is 12.5 Å². The Morgan fingerprint density at radius 2 is 2.09 bits per heavy atom. The zero-order valence-electron chi connectivity index (χ0n) is 19.7. The van der Waals surface area contributed by atoms with Crippen LogP contribution in [0, 0.1) is 6.92 Å². The number of amides is 1. The Morgan fingerprint density at radius 3 is 2.83 bits per heavy atom. The van der Waals surface area contributed by atoms with Gasteiger partial charge in [-0.05, 0) is 58.2 Å². The van der Waals surface area contributed by atoms with Gasteiger partial charge in [-0.15, -0.1) is 0 Å². The number of nitrogens with one attached hydrogen (secondary N) is 3. The molecule has 1 aromatic heterocycles. The summed E-state index contributed by atoms with van der Waals surface area (Å²) in [4.78, 5) is 23.1. The number of nitrogens with zero attached hydrogens (tertiary/aromatic N) is 2. The molecule has 4 N–H and O–H groups in total. The van der Waals surface area contributed by atoms with Crippen LogP contribution >= 0.6 is 15.9 Å². The maximum Gasteiger partial charge on any atom is 0.257 e. The highest BCUT2D eigenvalue weighted by atomic mass is 79.9. The van der Waals surface area contributed by atoms with Gasteiger partial charge in [-0.2, -0.15) is 0 Å². The van der Waals surface area contributed by atoms with Crippen LogP contribution in [0.25, 0.3) is 16.6 Å². The van der Waals surface area contributed by atoms with E-state index in [4.69, 9.17) is 14.5 Å². The zero-order chi connectivity index (χ0) is 24.5. The first-order chi connectivity index (χ1) is 16.9. The summed E-state index contributed by atoms with van der Waals surface area (Å²) in [6.45, 7) is 5.75. The summed E-state index contributed by atoms with van der Waals surface area (Å²) in [6, 6.07) is 9.65. The predicted molar refractivity (Wildman–Crippen MR) is 137 cm³/mol. The molecule has 35 heavy (non-hydrogen) atoms. The second-order valence-electron chi connectivity index (χ2n) is 8.67. The zero-order valence-corrected chi connectivity index (χ0v) is 21.2. The molecule has 5 rings (SSSR count). The standard InChI is InChI=1S/C25H28BrN5O4/c1-14-9-16(31-5-7-35-8-6-31)11-18-23(14)30-24(29-18)22-19(12-28-25(22)33)27-13-20(32)15-3-4-21(34-2)17(26)10-15/h3-4,9-11,20,27,32H,5-8,12-13H2,1-2H3,(H,28,33)(H,29,30)/t20-/m1/s1. The Hall–Kier alpha value is -3.08. The molecule has 0 aliphatic carbocycles. The lowest BCUT2D eigenvalue weighted by Gasteiger charge is -2.29. The van der Waals surface area contributed by atoms with Crippen LogP contribution < -0.4 is 20.3 Å². The number of anilines is 1. The van der Waals surface area contributed by atoms with Crippen LogP contribution in [0.4, 0.5) is 5.69 Å². The predicted octanol–water partition coefficient (Wildman–Crippen LogP) is 2.64. The third-order valence-electron chi connectivity index (χ3n) is 6.40. The molecule has 2 aromatic carbocycles. The van der Waals surface area contributed by atoms with E-state index in [0.717, 1.165) is 45.4 Å². The number of carbonyl (C=O) groups excluding carboxylic acids is 1. The van der Waals surface area contributed by atoms with Crippen LogP contribution in [0.3, 0.4) is 0 Å². The number of hydrogen-bond acceptors (Lipinski definition) is 7. The van der Waals surface area contributed by atoms with Gasteiger partial charge < -0.3 is 35.1 Å². The monoisotopic (exact) mass is 541 g/mol. The highest BCUT2D eigenvalue weighted by Gasteiger charge is 2.28. The van der Waals surface area contributed by atoms with Crippen LogP contribution in [0.2, 0.25) is 0 Å². The third-order valence-corrected chi connectivity index (χ3v) is 7.02. The molecule has 1 atom stereocenters. The molecule has 1 amide bonds. The molecule has 0 saturated carbocycles. The smallest absolute Gasteiger partial charge is 0.257 e. The van der Waals surface area contributed by atoms with Crippen molar-refractivity contribution in [1.82, 2.24) is 20.6 Å². The molecule has 3 heterocycles. The number of rotatable bonds is 7. The van der Waals surface area contributed by atoms with Crippen molar-refractivity contribution in [3.63, 3.8) is 0 Å². The van der Waals surface area contributed by atoms with E-state index in [0.29, 0.717) is 42.6 Å².